The van der Waals surface area contributed by atoms with E-state index < -0.39 is 16.1 Å². The van der Waals surface area contributed by atoms with Crippen LogP contribution >= 0.6 is 0 Å². The predicted octanol–water partition coefficient (Wildman–Crippen LogP) is 1.86. The molecule has 1 heterocycles. The van der Waals surface area contributed by atoms with Crippen LogP contribution in [0.2, 0.25) is 0 Å². The minimum atomic E-state index is -3.59. The van der Waals surface area contributed by atoms with Crippen LogP contribution < -0.4 is 10.0 Å². The molecule has 0 saturated heterocycles. The molecular weight excluding hydrogens is 350 g/mol. The van der Waals surface area contributed by atoms with Gasteiger partial charge in [-0.2, -0.15) is 0 Å². The molecule has 1 atom stereocenters. The number of nitrogens with one attached hydrogen (secondary N) is 2. The van der Waals surface area contributed by atoms with Crippen LogP contribution in [-0.2, 0) is 21.2 Å². The molecule has 1 amide bonds. The summed E-state index contributed by atoms with van der Waals surface area (Å²) in [6.07, 6.45) is 1.71. The highest BCUT2D eigenvalue weighted by molar-refractivity contribution is 7.90. The van der Waals surface area contributed by atoms with Crippen LogP contribution in [0.25, 0.3) is 0 Å². The first-order chi connectivity index (χ1) is 12.5. The fourth-order valence-corrected chi connectivity index (χ4v) is 4.02. The summed E-state index contributed by atoms with van der Waals surface area (Å²) in [5.41, 5.74) is 1.73. The molecule has 2 aromatic carbocycles. The number of fused-ring (bicyclic) bond motifs is 1. The van der Waals surface area contributed by atoms with Gasteiger partial charge in [-0.05, 0) is 37.5 Å². The lowest BCUT2D eigenvalue weighted by molar-refractivity contribution is -0.121. The third kappa shape index (κ3) is 4.11. The van der Waals surface area contributed by atoms with Gasteiger partial charge in [-0.15, -0.1) is 0 Å². The molecule has 0 fully saturated rings. The average molecular weight is 371 g/mol. The number of aliphatic imine (C=N–C) groups is 1. The van der Waals surface area contributed by atoms with Crippen LogP contribution in [0.1, 0.15) is 24.5 Å². The van der Waals surface area contributed by atoms with Crippen molar-refractivity contribution in [2.24, 2.45) is 4.99 Å². The lowest BCUT2D eigenvalue weighted by Gasteiger charge is -2.10. The monoisotopic (exact) mass is 371 g/mol. The van der Waals surface area contributed by atoms with E-state index in [1.54, 1.807) is 25.1 Å². The molecular formula is C19H21N3O3S. The summed E-state index contributed by atoms with van der Waals surface area (Å²) in [5.74, 6) is -0.0123. The Bertz CT molecular complexity index is 924. The van der Waals surface area contributed by atoms with Gasteiger partial charge in [-0.3, -0.25) is 14.5 Å². The molecule has 0 spiro atoms. The average Bonchev–Trinajstić information content (AvgIpc) is 2.90. The highest BCUT2D eigenvalue weighted by Crippen LogP contribution is 2.22. The molecule has 0 aromatic heterocycles. The van der Waals surface area contributed by atoms with E-state index in [4.69, 9.17) is 0 Å². The molecule has 0 radical (unpaired) electrons. The lowest BCUT2D eigenvalue weighted by atomic mass is 10.1. The van der Waals surface area contributed by atoms with Gasteiger partial charge in [0.15, 0.2) is 0 Å². The molecule has 136 valence electrons. The molecule has 2 N–H and O–H groups in total. The van der Waals surface area contributed by atoms with Gasteiger partial charge in [0.25, 0.3) is 10.0 Å². The minimum Gasteiger partial charge on any atom is -0.354 e. The Hall–Kier alpha value is -2.67. The van der Waals surface area contributed by atoms with E-state index in [9.17, 15) is 13.2 Å². The largest absolute Gasteiger partial charge is 0.354 e. The topological polar surface area (TPSA) is 87.6 Å². The number of benzene rings is 2. The first kappa shape index (κ1) is 18.1. The summed E-state index contributed by atoms with van der Waals surface area (Å²) >= 11 is 0. The number of carbonyl (C=O) groups excluding carboxylic acids is 1. The normalized spacial score (nSPS) is 17.3. The third-order valence-corrected chi connectivity index (χ3v) is 5.55. The summed E-state index contributed by atoms with van der Waals surface area (Å²) in [5, 5.41) is 2.85. The highest BCUT2D eigenvalue weighted by atomic mass is 32.2. The van der Waals surface area contributed by atoms with Crippen LogP contribution in [0.5, 0.6) is 0 Å². The number of aryl methyl sites for hydroxylation is 1. The lowest BCUT2D eigenvalue weighted by Crippen LogP contribution is -2.34. The second-order valence-corrected chi connectivity index (χ2v) is 7.79. The number of hydrogen-bond donors (Lipinski definition) is 2. The van der Waals surface area contributed by atoms with Crippen molar-refractivity contribution in [3.05, 3.63) is 65.7 Å². The maximum absolute atomic E-state index is 12.2. The van der Waals surface area contributed by atoms with E-state index in [0.29, 0.717) is 12.1 Å². The zero-order valence-electron chi connectivity index (χ0n) is 14.5. The van der Waals surface area contributed by atoms with Gasteiger partial charge in [0, 0.05) is 12.1 Å². The molecule has 26 heavy (non-hydrogen) atoms. The molecule has 0 aliphatic carbocycles. The number of carbonyl (C=O) groups is 1. The van der Waals surface area contributed by atoms with E-state index in [0.717, 1.165) is 12.8 Å². The third-order valence-electron chi connectivity index (χ3n) is 4.15. The Kier molecular flexibility index (Phi) is 5.37. The summed E-state index contributed by atoms with van der Waals surface area (Å²) in [7, 11) is -3.59. The maximum atomic E-state index is 12.2. The molecule has 0 bridgehead atoms. The van der Waals surface area contributed by atoms with Gasteiger partial charge in [-0.1, -0.05) is 42.5 Å². The Balaban J connectivity index is 1.57. The Morgan fingerprint density at radius 1 is 1.12 bits per heavy atom. The summed E-state index contributed by atoms with van der Waals surface area (Å²) < 4.78 is 26.5. The van der Waals surface area contributed by atoms with Crippen LogP contribution in [0.3, 0.4) is 0 Å². The number of hydrogen-bond acceptors (Lipinski definition) is 4. The van der Waals surface area contributed by atoms with Crippen molar-refractivity contribution in [3.63, 3.8) is 0 Å². The summed E-state index contributed by atoms with van der Waals surface area (Å²) in [6, 6.07) is 16.0. The standard InChI is InChI=1S/C19H21N3O3S/c1-14(19(23)20-13-7-10-15-8-3-2-4-9-15)21-18-16-11-5-6-12-17(16)26(24,25)22-18/h2-6,8-9,11-12,14H,7,10,13H2,1H3,(H,20,23)(H,21,22)/t14-/m0/s1. The van der Waals surface area contributed by atoms with Crippen molar-refractivity contribution in [2.45, 2.75) is 30.7 Å². The fourth-order valence-electron chi connectivity index (χ4n) is 2.78. The van der Waals surface area contributed by atoms with Crippen molar-refractivity contribution >= 4 is 21.8 Å². The van der Waals surface area contributed by atoms with Crippen molar-refractivity contribution in [3.8, 4) is 0 Å². The second kappa shape index (κ2) is 7.70. The molecule has 1 aliphatic rings. The van der Waals surface area contributed by atoms with E-state index in [-0.39, 0.29) is 16.6 Å². The molecule has 0 unspecified atom stereocenters. The maximum Gasteiger partial charge on any atom is 0.263 e. The van der Waals surface area contributed by atoms with Crippen molar-refractivity contribution in [2.75, 3.05) is 6.54 Å². The van der Waals surface area contributed by atoms with Crippen LogP contribution in [-0.4, -0.2) is 32.7 Å². The highest BCUT2D eigenvalue weighted by Gasteiger charge is 2.31. The van der Waals surface area contributed by atoms with Crippen LogP contribution in [0.15, 0.2) is 64.5 Å². The van der Waals surface area contributed by atoms with E-state index in [2.05, 4.69) is 27.2 Å². The Labute approximate surface area is 153 Å². The molecule has 6 nitrogen and oxygen atoms in total. The number of amidine groups is 1. The number of sulfonamides is 1. The number of rotatable bonds is 6. The van der Waals surface area contributed by atoms with Gasteiger partial charge in [0.1, 0.15) is 11.9 Å². The molecule has 3 rings (SSSR count). The Morgan fingerprint density at radius 3 is 2.58 bits per heavy atom. The predicted molar refractivity (Wildman–Crippen MR) is 101 cm³/mol. The van der Waals surface area contributed by atoms with Gasteiger partial charge >= 0.3 is 0 Å². The molecule has 1 aliphatic heterocycles. The minimum absolute atomic E-state index is 0.189. The van der Waals surface area contributed by atoms with Crippen molar-refractivity contribution in [1.29, 1.82) is 0 Å². The van der Waals surface area contributed by atoms with Crippen molar-refractivity contribution in [1.82, 2.24) is 10.0 Å². The number of amides is 1. The van der Waals surface area contributed by atoms with Crippen LogP contribution in [0, 0.1) is 0 Å². The molecule has 7 heteroatoms. The van der Waals surface area contributed by atoms with E-state index >= 15 is 0 Å². The van der Waals surface area contributed by atoms with E-state index in [1.165, 1.54) is 11.6 Å². The van der Waals surface area contributed by atoms with Gasteiger partial charge < -0.3 is 5.32 Å². The first-order valence-corrected chi connectivity index (χ1v) is 9.97. The molecule has 0 saturated carbocycles. The smallest absolute Gasteiger partial charge is 0.263 e. The first-order valence-electron chi connectivity index (χ1n) is 8.49. The Morgan fingerprint density at radius 2 is 1.81 bits per heavy atom. The zero-order valence-corrected chi connectivity index (χ0v) is 15.3. The zero-order chi connectivity index (χ0) is 18.6. The quantitative estimate of drug-likeness (QED) is 0.760. The van der Waals surface area contributed by atoms with Gasteiger partial charge in [0.05, 0.1) is 4.90 Å². The van der Waals surface area contributed by atoms with Gasteiger partial charge in [0.2, 0.25) is 5.91 Å². The second-order valence-electron chi connectivity index (χ2n) is 6.14. The van der Waals surface area contributed by atoms with Crippen molar-refractivity contribution < 1.29 is 13.2 Å². The SMILES string of the molecule is C[C@H](N=C1NS(=O)(=O)c2ccccc21)C(=O)NCCCc1ccccc1. The fraction of sp³-hybridized carbons (Fsp3) is 0.263. The van der Waals surface area contributed by atoms with E-state index in [1.807, 2.05) is 18.2 Å². The summed E-state index contributed by atoms with van der Waals surface area (Å²) in [4.78, 5) is 16.7. The van der Waals surface area contributed by atoms with Crippen LogP contribution in [0.4, 0.5) is 0 Å². The summed E-state index contributed by atoms with van der Waals surface area (Å²) in [6.45, 7) is 2.19. The molecule has 2 aromatic rings. The number of nitrogens with zero attached hydrogens (tertiary/aromatic N) is 1. The van der Waals surface area contributed by atoms with Gasteiger partial charge in [-0.25, -0.2) is 8.42 Å².